The van der Waals surface area contributed by atoms with Crippen molar-refractivity contribution in [3.8, 4) is 11.3 Å². The number of nitrogens with one attached hydrogen (secondary N) is 1. The molecule has 5 nitrogen and oxygen atoms in total. The number of aromatic nitrogens is 1. The van der Waals surface area contributed by atoms with Gasteiger partial charge in [0, 0.05) is 11.4 Å². The van der Waals surface area contributed by atoms with E-state index in [1.165, 1.54) is 12.1 Å². The third-order valence-corrected chi connectivity index (χ3v) is 4.66. The Labute approximate surface area is 169 Å². The van der Waals surface area contributed by atoms with Gasteiger partial charge in [-0.1, -0.05) is 42.0 Å². The van der Waals surface area contributed by atoms with Crippen LogP contribution in [0.15, 0.2) is 54.6 Å². The summed E-state index contributed by atoms with van der Waals surface area (Å²) in [6.45, 7) is 5.69. The second kappa shape index (κ2) is 8.73. The van der Waals surface area contributed by atoms with Crippen LogP contribution in [0, 0.1) is 19.7 Å². The number of esters is 1. The first-order chi connectivity index (χ1) is 13.9. The monoisotopic (exact) mass is 394 g/mol. The van der Waals surface area contributed by atoms with Crippen LogP contribution in [-0.4, -0.2) is 23.1 Å². The van der Waals surface area contributed by atoms with Gasteiger partial charge in [-0.25, -0.2) is 9.18 Å². The van der Waals surface area contributed by atoms with Gasteiger partial charge in [0.2, 0.25) is 5.91 Å². The molecule has 0 unspecified atom stereocenters. The summed E-state index contributed by atoms with van der Waals surface area (Å²) in [6.07, 6.45) is 0. The Kier molecular flexibility index (Phi) is 6.12. The Morgan fingerprint density at radius 1 is 1.07 bits per heavy atom. The first-order valence-electron chi connectivity index (χ1n) is 9.39. The lowest BCUT2D eigenvalue weighted by Gasteiger charge is -2.13. The number of para-hydroxylation sites is 1. The van der Waals surface area contributed by atoms with Crippen LogP contribution < -0.4 is 5.32 Å². The largest absolute Gasteiger partial charge is 0.462 e. The summed E-state index contributed by atoms with van der Waals surface area (Å²) in [4.78, 5) is 25.0. The second-order valence-electron chi connectivity index (χ2n) is 6.73. The number of carbonyl (C=O) groups is 2. The van der Waals surface area contributed by atoms with Crippen molar-refractivity contribution >= 4 is 17.6 Å². The molecule has 3 rings (SSSR count). The smallest absolute Gasteiger partial charge is 0.339 e. The maximum Gasteiger partial charge on any atom is 0.339 e. The first kappa shape index (κ1) is 20.3. The number of amides is 1. The molecule has 0 bridgehead atoms. The van der Waals surface area contributed by atoms with Crippen molar-refractivity contribution in [2.24, 2.45) is 0 Å². The normalized spacial score (nSPS) is 10.6. The van der Waals surface area contributed by atoms with Crippen molar-refractivity contribution in [1.29, 1.82) is 0 Å². The summed E-state index contributed by atoms with van der Waals surface area (Å²) in [5, 5.41) is 2.59. The molecule has 1 N–H and O–H groups in total. The van der Waals surface area contributed by atoms with Gasteiger partial charge in [-0.05, 0) is 44.5 Å². The average molecular weight is 394 g/mol. The van der Waals surface area contributed by atoms with Crippen molar-refractivity contribution in [3.05, 3.63) is 77.2 Å². The number of carbonyl (C=O) groups excluding carboxylic acids is 2. The highest BCUT2D eigenvalue weighted by Crippen LogP contribution is 2.27. The molecule has 0 saturated carbocycles. The van der Waals surface area contributed by atoms with Crippen LogP contribution in [0.4, 0.5) is 10.1 Å². The number of anilines is 1. The molecule has 3 aromatic rings. The Morgan fingerprint density at radius 3 is 2.41 bits per heavy atom. The highest BCUT2D eigenvalue weighted by atomic mass is 19.1. The molecule has 0 fully saturated rings. The Balaban J connectivity index is 1.97. The van der Waals surface area contributed by atoms with Gasteiger partial charge >= 0.3 is 5.97 Å². The van der Waals surface area contributed by atoms with Gasteiger partial charge in [-0.3, -0.25) is 4.79 Å². The van der Waals surface area contributed by atoms with E-state index < -0.39 is 17.7 Å². The molecule has 0 aliphatic rings. The predicted molar refractivity (Wildman–Crippen MR) is 110 cm³/mol. The Morgan fingerprint density at radius 2 is 1.76 bits per heavy atom. The van der Waals surface area contributed by atoms with Crippen molar-refractivity contribution < 1.29 is 18.7 Å². The van der Waals surface area contributed by atoms with Crippen LogP contribution in [-0.2, 0) is 16.1 Å². The molecule has 6 heteroatoms. The van der Waals surface area contributed by atoms with E-state index in [4.69, 9.17) is 4.74 Å². The summed E-state index contributed by atoms with van der Waals surface area (Å²) in [5.74, 6) is -1.33. The summed E-state index contributed by atoms with van der Waals surface area (Å²) in [6, 6.07) is 15.5. The second-order valence-corrected chi connectivity index (χ2v) is 6.73. The fourth-order valence-electron chi connectivity index (χ4n) is 3.12. The lowest BCUT2D eigenvalue weighted by molar-refractivity contribution is -0.116. The van der Waals surface area contributed by atoms with Crippen LogP contribution in [0.25, 0.3) is 11.3 Å². The minimum atomic E-state index is -0.504. The standard InChI is InChI=1S/C23H23FN2O3/c1-4-29-23(28)18-13-21(17-11-9-15(2)10-12-17)26(16(18)3)14-22(27)25-20-8-6-5-7-19(20)24/h5-13H,4,14H2,1-3H3,(H,25,27). The summed E-state index contributed by atoms with van der Waals surface area (Å²) in [7, 11) is 0. The van der Waals surface area contributed by atoms with Gasteiger partial charge in [0.25, 0.3) is 0 Å². The molecule has 150 valence electrons. The molecule has 1 heterocycles. The third-order valence-electron chi connectivity index (χ3n) is 4.66. The van der Waals surface area contributed by atoms with E-state index in [-0.39, 0.29) is 18.8 Å². The maximum absolute atomic E-state index is 13.9. The molecule has 0 radical (unpaired) electrons. The van der Waals surface area contributed by atoms with Crippen LogP contribution in [0.3, 0.4) is 0 Å². The molecular formula is C23H23FN2O3. The van der Waals surface area contributed by atoms with E-state index in [0.29, 0.717) is 17.0 Å². The number of aryl methyl sites for hydroxylation is 1. The molecule has 0 atom stereocenters. The lowest BCUT2D eigenvalue weighted by Crippen LogP contribution is -2.21. The molecule has 0 aliphatic heterocycles. The van der Waals surface area contributed by atoms with E-state index >= 15 is 0 Å². The van der Waals surface area contributed by atoms with Crippen molar-refractivity contribution in [2.45, 2.75) is 27.3 Å². The lowest BCUT2D eigenvalue weighted by atomic mass is 10.1. The molecule has 0 saturated heterocycles. The van der Waals surface area contributed by atoms with Crippen LogP contribution in [0.2, 0.25) is 0 Å². The van der Waals surface area contributed by atoms with Crippen molar-refractivity contribution in [1.82, 2.24) is 4.57 Å². The summed E-state index contributed by atoms with van der Waals surface area (Å²) in [5.41, 5.74) is 3.82. The van der Waals surface area contributed by atoms with Crippen LogP contribution in [0.1, 0.15) is 28.5 Å². The summed E-state index contributed by atoms with van der Waals surface area (Å²) < 4.78 is 20.8. The quantitative estimate of drug-likeness (QED) is 0.615. The van der Waals surface area contributed by atoms with E-state index in [1.54, 1.807) is 36.6 Å². The fraction of sp³-hybridized carbons (Fsp3) is 0.217. The summed E-state index contributed by atoms with van der Waals surface area (Å²) >= 11 is 0. The highest BCUT2D eigenvalue weighted by molar-refractivity contribution is 5.94. The van der Waals surface area contributed by atoms with Gasteiger partial charge in [-0.2, -0.15) is 0 Å². The topological polar surface area (TPSA) is 60.3 Å². The number of rotatable bonds is 6. The Hall–Kier alpha value is -3.41. The molecule has 1 amide bonds. The molecule has 29 heavy (non-hydrogen) atoms. The number of hydrogen-bond donors (Lipinski definition) is 1. The zero-order valence-electron chi connectivity index (χ0n) is 16.7. The average Bonchev–Trinajstić information content (AvgIpc) is 3.01. The van der Waals surface area contributed by atoms with Crippen molar-refractivity contribution in [2.75, 3.05) is 11.9 Å². The van der Waals surface area contributed by atoms with E-state index in [0.717, 1.165) is 11.1 Å². The van der Waals surface area contributed by atoms with Gasteiger partial charge in [0.1, 0.15) is 12.4 Å². The van der Waals surface area contributed by atoms with Gasteiger partial charge in [0.15, 0.2) is 0 Å². The highest BCUT2D eigenvalue weighted by Gasteiger charge is 2.21. The van der Waals surface area contributed by atoms with E-state index in [1.807, 2.05) is 31.2 Å². The molecule has 0 spiro atoms. The zero-order valence-corrected chi connectivity index (χ0v) is 16.7. The van der Waals surface area contributed by atoms with E-state index in [9.17, 15) is 14.0 Å². The minimum absolute atomic E-state index is 0.0667. The van der Waals surface area contributed by atoms with E-state index in [2.05, 4.69) is 5.32 Å². The van der Waals surface area contributed by atoms with Gasteiger partial charge in [-0.15, -0.1) is 0 Å². The number of nitrogens with zero attached hydrogens (tertiary/aromatic N) is 1. The molecule has 0 aliphatic carbocycles. The Bertz CT molecular complexity index is 1040. The van der Waals surface area contributed by atoms with Crippen LogP contribution >= 0.6 is 0 Å². The predicted octanol–water partition coefficient (Wildman–Crippen LogP) is 4.73. The molecule has 1 aromatic heterocycles. The SMILES string of the molecule is CCOC(=O)c1cc(-c2ccc(C)cc2)n(CC(=O)Nc2ccccc2F)c1C. The van der Waals surface area contributed by atoms with Gasteiger partial charge < -0.3 is 14.6 Å². The molecule has 2 aromatic carbocycles. The van der Waals surface area contributed by atoms with Gasteiger partial charge in [0.05, 0.1) is 17.9 Å². The third kappa shape index (κ3) is 4.54. The van der Waals surface area contributed by atoms with Crippen molar-refractivity contribution in [3.63, 3.8) is 0 Å². The maximum atomic E-state index is 13.9. The first-order valence-corrected chi connectivity index (χ1v) is 9.39. The zero-order chi connectivity index (χ0) is 21.0. The number of halogens is 1. The van der Waals surface area contributed by atoms with Crippen LogP contribution in [0.5, 0.6) is 0 Å². The minimum Gasteiger partial charge on any atom is -0.462 e. The fourth-order valence-corrected chi connectivity index (χ4v) is 3.12. The number of ether oxygens (including phenoxy) is 1. The number of benzene rings is 2. The molecular weight excluding hydrogens is 371 g/mol. The number of hydrogen-bond acceptors (Lipinski definition) is 3.